The van der Waals surface area contributed by atoms with Gasteiger partial charge in [0.05, 0.1) is 12.0 Å². The first kappa shape index (κ1) is 12.4. The number of benzene rings is 1. The predicted molar refractivity (Wildman–Crippen MR) is 76.9 cm³/mol. The van der Waals surface area contributed by atoms with E-state index in [2.05, 4.69) is 53.1 Å². The van der Waals surface area contributed by atoms with Crippen LogP contribution in [0.1, 0.15) is 41.4 Å². The quantitative estimate of drug-likeness (QED) is 0.913. The lowest BCUT2D eigenvalue weighted by Gasteiger charge is -2.33. The van der Waals surface area contributed by atoms with E-state index in [1.54, 1.807) is 6.33 Å². The van der Waals surface area contributed by atoms with Crippen molar-refractivity contribution in [1.29, 1.82) is 0 Å². The number of imidazole rings is 1. The molecule has 0 aliphatic heterocycles. The molecule has 0 spiro atoms. The number of rotatable bonds is 3. The third kappa shape index (κ3) is 2.43. The van der Waals surface area contributed by atoms with Crippen molar-refractivity contribution in [3.8, 4) is 0 Å². The smallest absolute Gasteiger partial charge is 0.0925 e. The van der Waals surface area contributed by atoms with Gasteiger partial charge in [-0.1, -0.05) is 24.3 Å². The lowest BCUT2D eigenvalue weighted by molar-refractivity contribution is 0.211. The summed E-state index contributed by atoms with van der Waals surface area (Å²) in [7, 11) is 2.21. The van der Waals surface area contributed by atoms with E-state index in [9.17, 15) is 0 Å². The first-order valence-electron chi connectivity index (χ1n) is 7.02. The summed E-state index contributed by atoms with van der Waals surface area (Å²) in [6, 6.07) is 9.40. The van der Waals surface area contributed by atoms with Gasteiger partial charge in [-0.15, -0.1) is 0 Å². The predicted octanol–water partition coefficient (Wildman–Crippen LogP) is 3.23. The Bertz CT molecular complexity index is 559. The third-order valence-corrected chi connectivity index (χ3v) is 4.20. The minimum Gasteiger partial charge on any atom is -0.348 e. The topological polar surface area (TPSA) is 31.9 Å². The summed E-state index contributed by atoms with van der Waals surface area (Å²) in [5.41, 5.74) is 5.36. The normalized spacial score (nSPS) is 18.6. The summed E-state index contributed by atoms with van der Waals surface area (Å²) in [5.74, 6) is 0. The van der Waals surface area contributed by atoms with Crippen LogP contribution >= 0.6 is 0 Å². The Morgan fingerprint density at radius 2 is 2.21 bits per heavy atom. The summed E-state index contributed by atoms with van der Waals surface area (Å²) in [4.78, 5) is 10.00. The fourth-order valence-electron chi connectivity index (χ4n) is 3.08. The summed E-state index contributed by atoms with van der Waals surface area (Å²) >= 11 is 0. The number of nitrogens with one attached hydrogen (secondary N) is 1. The maximum absolute atomic E-state index is 4.41. The molecule has 0 unspecified atom stereocenters. The van der Waals surface area contributed by atoms with Gasteiger partial charge >= 0.3 is 0 Å². The average molecular weight is 255 g/mol. The van der Waals surface area contributed by atoms with Crippen LogP contribution in [0.3, 0.4) is 0 Å². The zero-order valence-corrected chi connectivity index (χ0v) is 11.7. The van der Waals surface area contributed by atoms with Crippen molar-refractivity contribution in [2.24, 2.45) is 0 Å². The highest BCUT2D eigenvalue weighted by Gasteiger charge is 2.23. The number of fused-ring (bicyclic) bond motifs is 1. The van der Waals surface area contributed by atoms with Crippen LogP contribution in [-0.2, 0) is 13.0 Å². The maximum atomic E-state index is 4.41. The Morgan fingerprint density at radius 3 is 3.00 bits per heavy atom. The number of aromatic nitrogens is 2. The van der Waals surface area contributed by atoms with E-state index in [0.29, 0.717) is 6.04 Å². The largest absolute Gasteiger partial charge is 0.348 e. The number of nitrogens with zero attached hydrogens (tertiary/aromatic N) is 2. The van der Waals surface area contributed by atoms with Crippen LogP contribution < -0.4 is 0 Å². The van der Waals surface area contributed by atoms with E-state index < -0.39 is 0 Å². The molecule has 3 nitrogen and oxygen atoms in total. The summed E-state index contributed by atoms with van der Waals surface area (Å²) in [6.07, 6.45) is 5.54. The van der Waals surface area contributed by atoms with E-state index in [4.69, 9.17) is 0 Å². The Labute approximate surface area is 114 Å². The van der Waals surface area contributed by atoms with Gasteiger partial charge in [-0.3, -0.25) is 4.90 Å². The number of hydrogen-bond acceptors (Lipinski definition) is 2. The number of hydrogen-bond donors (Lipinski definition) is 1. The van der Waals surface area contributed by atoms with Crippen molar-refractivity contribution >= 4 is 0 Å². The van der Waals surface area contributed by atoms with Gasteiger partial charge < -0.3 is 4.98 Å². The molecule has 1 aromatic heterocycles. The maximum Gasteiger partial charge on any atom is 0.0925 e. The van der Waals surface area contributed by atoms with Crippen LogP contribution in [0.2, 0.25) is 0 Å². The van der Waals surface area contributed by atoms with Crippen molar-refractivity contribution in [2.45, 2.75) is 38.8 Å². The highest BCUT2D eigenvalue weighted by molar-refractivity contribution is 5.32. The first-order valence-corrected chi connectivity index (χ1v) is 7.02. The molecule has 1 atom stereocenters. The minimum absolute atomic E-state index is 0.529. The molecule has 0 fully saturated rings. The molecule has 1 aromatic carbocycles. The van der Waals surface area contributed by atoms with Gasteiger partial charge in [-0.05, 0) is 44.4 Å². The van der Waals surface area contributed by atoms with Gasteiger partial charge in [-0.25, -0.2) is 4.98 Å². The molecular formula is C16H21N3. The molecule has 3 rings (SSSR count). The molecule has 100 valence electrons. The Kier molecular flexibility index (Phi) is 3.38. The van der Waals surface area contributed by atoms with Gasteiger partial charge in [0.25, 0.3) is 0 Å². The number of aryl methyl sites for hydroxylation is 2. The molecule has 0 saturated carbocycles. The van der Waals surface area contributed by atoms with Gasteiger partial charge in [0, 0.05) is 18.3 Å². The lowest BCUT2D eigenvalue weighted by atomic mass is 9.87. The first-order chi connectivity index (χ1) is 9.25. The zero-order valence-electron chi connectivity index (χ0n) is 11.7. The van der Waals surface area contributed by atoms with Crippen molar-refractivity contribution in [2.75, 3.05) is 7.05 Å². The molecule has 0 bridgehead atoms. The van der Waals surface area contributed by atoms with Gasteiger partial charge in [-0.2, -0.15) is 0 Å². The molecule has 1 N–H and O–H groups in total. The fraction of sp³-hybridized carbons (Fsp3) is 0.438. The van der Waals surface area contributed by atoms with Crippen molar-refractivity contribution in [1.82, 2.24) is 14.9 Å². The molecule has 1 aliphatic rings. The molecule has 1 heterocycles. The molecule has 19 heavy (non-hydrogen) atoms. The Hall–Kier alpha value is -1.61. The Morgan fingerprint density at radius 1 is 1.37 bits per heavy atom. The van der Waals surface area contributed by atoms with E-state index in [0.717, 1.165) is 12.2 Å². The van der Waals surface area contributed by atoms with Crippen molar-refractivity contribution in [3.05, 3.63) is 53.1 Å². The highest BCUT2D eigenvalue weighted by atomic mass is 15.1. The molecule has 0 amide bonds. The van der Waals surface area contributed by atoms with Crippen LogP contribution in [0.4, 0.5) is 0 Å². The summed E-state index contributed by atoms with van der Waals surface area (Å²) in [6.45, 7) is 3.00. The number of aromatic amines is 1. The molecule has 1 aliphatic carbocycles. The highest BCUT2D eigenvalue weighted by Crippen LogP contribution is 2.34. The second-order valence-electron chi connectivity index (χ2n) is 5.50. The SMILES string of the molecule is Cc1[nH]cnc1CN(C)[C@@H]1CCCc2ccccc21. The van der Waals surface area contributed by atoms with Crippen LogP contribution in [0, 0.1) is 6.92 Å². The van der Waals surface area contributed by atoms with E-state index in [1.807, 2.05) is 0 Å². The van der Waals surface area contributed by atoms with Crippen molar-refractivity contribution < 1.29 is 0 Å². The molecular weight excluding hydrogens is 234 g/mol. The lowest BCUT2D eigenvalue weighted by Crippen LogP contribution is -2.27. The van der Waals surface area contributed by atoms with Gasteiger partial charge in [0.1, 0.15) is 0 Å². The van der Waals surface area contributed by atoms with Crippen LogP contribution in [0.15, 0.2) is 30.6 Å². The Balaban J connectivity index is 1.81. The van der Waals surface area contributed by atoms with E-state index in [1.165, 1.54) is 36.1 Å². The van der Waals surface area contributed by atoms with Crippen LogP contribution in [-0.4, -0.2) is 21.9 Å². The second kappa shape index (κ2) is 5.17. The average Bonchev–Trinajstić information content (AvgIpc) is 2.83. The van der Waals surface area contributed by atoms with E-state index >= 15 is 0 Å². The molecule has 2 aromatic rings. The third-order valence-electron chi connectivity index (χ3n) is 4.20. The van der Waals surface area contributed by atoms with Crippen molar-refractivity contribution in [3.63, 3.8) is 0 Å². The van der Waals surface area contributed by atoms with E-state index in [-0.39, 0.29) is 0 Å². The molecule has 3 heteroatoms. The van der Waals surface area contributed by atoms with Crippen LogP contribution in [0.25, 0.3) is 0 Å². The second-order valence-corrected chi connectivity index (χ2v) is 5.50. The summed E-state index contributed by atoms with van der Waals surface area (Å²) in [5, 5.41) is 0. The molecule has 0 saturated heterocycles. The zero-order chi connectivity index (χ0) is 13.2. The molecule has 0 radical (unpaired) electrons. The minimum atomic E-state index is 0.529. The van der Waals surface area contributed by atoms with Gasteiger partial charge in [0.2, 0.25) is 0 Å². The van der Waals surface area contributed by atoms with Crippen LogP contribution in [0.5, 0.6) is 0 Å². The number of H-pyrrole nitrogens is 1. The summed E-state index contributed by atoms with van der Waals surface area (Å²) < 4.78 is 0. The fourth-order valence-corrected chi connectivity index (χ4v) is 3.08. The monoisotopic (exact) mass is 255 g/mol. The van der Waals surface area contributed by atoms with Gasteiger partial charge in [0.15, 0.2) is 0 Å². The standard InChI is InChI=1S/C16H21N3/c1-12-15(18-11-17-12)10-19(2)16-9-5-7-13-6-3-4-8-14(13)16/h3-4,6,8,11,16H,5,7,9-10H2,1-2H3,(H,17,18)/t16-/m1/s1.